The second kappa shape index (κ2) is 11.6. The molecule has 1 N–H and O–H groups in total. The van der Waals surface area contributed by atoms with Crippen LogP contribution in [-0.2, 0) is 9.59 Å². The summed E-state index contributed by atoms with van der Waals surface area (Å²) in [6, 6.07) is 2.29. The van der Waals surface area contributed by atoms with Gasteiger partial charge in [-0.25, -0.2) is 8.78 Å². The van der Waals surface area contributed by atoms with Crippen LogP contribution in [0.4, 0.5) is 8.78 Å². The third kappa shape index (κ3) is 6.51. The zero-order valence-corrected chi connectivity index (χ0v) is 19.6. The van der Waals surface area contributed by atoms with Crippen LogP contribution in [0.3, 0.4) is 0 Å². The van der Waals surface area contributed by atoms with Crippen LogP contribution in [0.15, 0.2) is 18.2 Å². The van der Waals surface area contributed by atoms with Gasteiger partial charge in [0, 0.05) is 32.6 Å². The Morgan fingerprint density at radius 1 is 0.970 bits per heavy atom. The summed E-state index contributed by atoms with van der Waals surface area (Å²) in [4.78, 5) is 41.7. The molecule has 0 bridgehead atoms. The van der Waals surface area contributed by atoms with Gasteiger partial charge >= 0.3 is 0 Å². The third-order valence-electron chi connectivity index (χ3n) is 6.84. The second-order valence-electron chi connectivity index (χ2n) is 9.54. The average Bonchev–Trinajstić information content (AvgIpc) is 2.81. The minimum Gasteiger partial charge on any atom is -0.340 e. The lowest BCUT2D eigenvalue weighted by Gasteiger charge is -2.37. The van der Waals surface area contributed by atoms with Crippen LogP contribution in [0.2, 0.25) is 0 Å². The molecule has 1 aliphatic heterocycles. The van der Waals surface area contributed by atoms with Crippen molar-refractivity contribution in [3.05, 3.63) is 35.4 Å². The van der Waals surface area contributed by atoms with Crippen molar-refractivity contribution in [1.29, 1.82) is 0 Å². The van der Waals surface area contributed by atoms with Crippen LogP contribution in [0.1, 0.15) is 69.2 Å². The highest BCUT2D eigenvalue weighted by atomic mass is 19.1. The summed E-state index contributed by atoms with van der Waals surface area (Å²) < 4.78 is 27.9. The minimum atomic E-state index is -0.970. The predicted molar refractivity (Wildman–Crippen MR) is 121 cm³/mol. The number of amides is 3. The maximum absolute atomic E-state index is 14.0. The predicted octanol–water partition coefficient (Wildman–Crippen LogP) is 3.75. The first-order chi connectivity index (χ1) is 15.8. The van der Waals surface area contributed by atoms with Gasteiger partial charge in [0.2, 0.25) is 11.8 Å². The van der Waals surface area contributed by atoms with Crippen molar-refractivity contribution in [2.75, 3.05) is 26.2 Å². The molecular formula is C25H35F2N3O3. The molecule has 1 aromatic rings. The Labute approximate surface area is 194 Å². The van der Waals surface area contributed by atoms with Crippen LogP contribution in [0.5, 0.6) is 0 Å². The zero-order chi connectivity index (χ0) is 24.0. The minimum absolute atomic E-state index is 0.136. The molecule has 1 atom stereocenters. The number of hydrogen-bond donors (Lipinski definition) is 1. The van der Waals surface area contributed by atoms with Crippen molar-refractivity contribution < 1.29 is 23.2 Å². The van der Waals surface area contributed by atoms with Crippen LogP contribution >= 0.6 is 0 Å². The fraction of sp³-hybridized carbons (Fsp3) is 0.640. The number of halogens is 2. The van der Waals surface area contributed by atoms with Crippen molar-refractivity contribution in [3.8, 4) is 0 Å². The van der Waals surface area contributed by atoms with Gasteiger partial charge in [-0.15, -0.1) is 0 Å². The van der Waals surface area contributed by atoms with Gasteiger partial charge in [-0.2, -0.15) is 0 Å². The lowest BCUT2D eigenvalue weighted by atomic mass is 9.86. The molecule has 1 saturated carbocycles. The second-order valence-corrected chi connectivity index (χ2v) is 9.54. The normalized spacial score (nSPS) is 18.3. The largest absolute Gasteiger partial charge is 0.340 e. The molecule has 182 valence electrons. The molecule has 1 aliphatic carbocycles. The fourth-order valence-electron chi connectivity index (χ4n) is 4.78. The average molecular weight is 464 g/mol. The summed E-state index contributed by atoms with van der Waals surface area (Å²) in [5.74, 6) is -2.67. The first-order valence-corrected chi connectivity index (χ1v) is 12.1. The molecule has 2 aliphatic rings. The van der Waals surface area contributed by atoms with E-state index in [1.165, 1.54) is 38.2 Å². The molecule has 33 heavy (non-hydrogen) atoms. The number of carbonyl (C=O) groups is 3. The zero-order valence-electron chi connectivity index (χ0n) is 19.6. The third-order valence-corrected chi connectivity index (χ3v) is 6.84. The van der Waals surface area contributed by atoms with E-state index in [1.807, 2.05) is 4.90 Å². The summed E-state index contributed by atoms with van der Waals surface area (Å²) >= 11 is 0. The van der Waals surface area contributed by atoms with E-state index >= 15 is 0 Å². The molecule has 3 amide bonds. The number of hydrogen-bond acceptors (Lipinski definition) is 3. The van der Waals surface area contributed by atoms with Gasteiger partial charge in [0.1, 0.15) is 23.2 Å². The molecule has 0 unspecified atom stereocenters. The molecule has 3 rings (SSSR count). The van der Waals surface area contributed by atoms with Gasteiger partial charge in [-0.1, -0.05) is 52.0 Å². The van der Waals surface area contributed by atoms with Crippen molar-refractivity contribution in [2.24, 2.45) is 11.8 Å². The molecular weight excluding hydrogens is 428 g/mol. The number of nitrogens with one attached hydrogen (secondary N) is 1. The van der Waals surface area contributed by atoms with Crippen molar-refractivity contribution in [3.63, 3.8) is 0 Å². The molecule has 1 saturated heterocycles. The lowest BCUT2D eigenvalue weighted by molar-refractivity contribution is -0.141. The molecule has 8 heteroatoms. The van der Waals surface area contributed by atoms with E-state index in [2.05, 4.69) is 5.32 Å². The van der Waals surface area contributed by atoms with Gasteiger partial charge in [0.25, 0.3) is 5.91 Å². The van der Waals surface area contributed by atoms with E-state index in [-0.39, 0.29) is 17.7 Å². The van der Waals surface area contributed by atoms with Crippen molar-refractivity contribution in [2.45, 2.75) is 64.8 Å². The Morgan fingerprint density at radius 2 is 1.55 bits per heavy atom. The molecule has 0 spiro atoms. The topological polar surface area (TPSA) is 69.7 Å². The van der Waals surface area contributed by atoms with Crippen molar-refractivity contribution >= 4 is 17.7 Å². The van der Waals surface area contributed by atoms with Crippen LogP contribution in [0, 0.1) is 23.5 Å². The molecule has 2 fully saturated rings. The summed E-state index contributed by atoms with van der Waals surface area (Å²) in [5.41, 5.74) is -0.690. The van der Waals surface area contributed by atoms with E-state index < -0.39 is 29.1 Å². The summed E-state index contributed by atoms with van der Waals surface area (Å²) in [5, 5.41) is 2.51. The number of piperazine rings is 1. The highest BCUT2D eigenvalue weighted by molar-refractivity contribution is 5.98. The van der Waals surface area contributed by atoms with E-state index in [0.717, 1.165) is 18.6 Å². The standard InChI is InChI=1S/C25H35F2N3O3/c1-17(2)23(28-24(32)22-19(26)9-6-10-20(22)27)25(33)30-15-13-29(14-16-30)21(31)12-11-18-7-4-3-5-8-18/h6,9-10,17-18,23H,3-5,7-8,11-16H2,1-2H3,(H,28,32)/t23-/m0/s1. The van der Waals surface area contributed by atoms with Gasteiger partial charge < -0.3 is 15.1 Å². The summed E-state index contributed by atoms with van der Waals surface area (Å²) in [7, 11) is 0. The Bertz CT molecular complexity index is 827. The molecule has 0 aromatic heterocycles. The number of benzene rings is 1. The number of carbonyl (C=O) groups excluding carboxylic acids is 3. The fourth-order valence-corrected chi connectivity index (χ4v) is 4.78. The Balaban J connectivity index is 1.53. The SMILES string of the molecule is CC(C)[C@H](NC(=O)c1c(F)cccc1F)C(=O)N1CCN(C(=O)CCC2CCCCC2)CC1. The Kier molecular flexibility index (Phi) is 8.80. The van der Waals surface area contributed by atoms with Gasteiger partial charge in [-0.3, -0.25) is 14.4 Å². The van der Waals surface area contributed by atoms with Gasteiger partial charge in [0.15, 0.2) is 0 Å². The lowest BCUT2D eigenvalue weighted by Crippen LogP contribution is -2.57. The van der Waals surface area contributed by atoms with Gasteiger partial charge in [0.05, 0.1) is 0 Å². The van der Waals surface area contributed by atoms with Crippen molar-refractivity contribution in [1.82, 2.24) is 15.1 Å². The maximum Gasteiger partial charge on any atom is 0.257 e. The van der Waals surface area contributed by atoms with E-state index in [0.29, 0.717) is 38.5 Å². The van der Waals surface area contributed by atoms with E-state index in [9.17, 15) is 23.2 Å². The smallest absolute Gasteiger partial charge is 0.257 e. The highest BCUT2D eigenvalue weighted by Crippen LogP contribution is 2.27. The van der Waals surface area contributed by atoms with Crippen LogP contribution in [0.25, 0.3) is 0 Å². The first kappa shape index (κ1) is 25.1. The Morgan fingerprint density at radius 3 is 2.12 bits per heavy atom. The first-order valence-electron chi connectivity index (χ1n) is 12.1. The molecule has 1 aromatic carbocycles. The van der Waals surface area contributed by atoms with E-state index in [1.54, 1.807) is 18.7 Å². The Hall–Kier alpha value is -2.51. The molecule has 0 radical (unpaired) electrons. The number of nitrogens with zero attached hydrogens (tertiary/aromatic N) is 2. The van der Waals surface area contributed by atoms with E-state index in [4.69, 9.17) is 0 Å². The van der Waals surface area contributed by atoms with Crippen LogP contribution < -0.4 is 5.32 Å². The molecule has 1 heterocycles. The number of rotatable bonds is 7. The van der Waals surface area contributed by atoms with Gasteiger partial charge in [-0.05, 0) is 30.4 Å². The van der Waals surface area contributed by atoms with Crippen LogP contribution in [-0.4, -0.2) is 59.7 Å². The highest BCUT2D eigenvalue weighted by Gasteiger charge is 2.33. The summed E-state index contributed by atoms with van der Waals surface area (Å²) in [6.45, 7) is 5.20. The maximum atomic E-state index is 14.0. The summed E-state index contributed by atoms with van der Waals surface area (Å²) in [6.07, 6.45) is 7.74. The monoisotopic (exact) mass is 463 g/mol. The molecule has 6 nitrogen and oxygen atoms in total. The quantitative estimate of drug-likeness (QED) is 0.670.